The van der Waals surface area contributed by atoms with Gasteiger partial charge in [0, 0.05) is 38.6 Å². The van der Waals surface area contributed by atoms with Gasteiger partial charge in [-0.25, -0.2) is 18.4 Å². The number of pyridine rings is 3. The number of nitrogens with zero attached hydrogens (tertiary/aromatic N) is 8. The predicted molar refractivity (Wildman–Crippen MR) is 168 cm³/mol. The molecule has 0 unspecified atom stereocenters. The maximum absolute atomic E-state index is 13.8. The van der Waals surface area contributed by atoms with Crippen LogP contribution in [0.3, 0.4) is 0 Å². The maximum atomic E-state index is 13.8. The van der Waals surface area contributed by atoms with Crippen molar-refractivity contribution in [1.82, 2.24) is 43.9 Å². The molecule has 14 heteroatoms. The molecule has 6 heterocycles. The zero-order chi connectivity index (χ0) is 31.4. The van der Waals surface area contributed by atoms with E-state index in [4.69, 9.17) is 9.72 Å². The lowest BCUT2D eigenvalue weighted by Crippen LogP contribution is -2.48. The molecule has 0 saturated carbocycles. The van der Waals surface area contributed by atoms with Crippen molar-refractivity contribution in [1.29, 1.82) is 0 Å². The number of hydrogen-bond donors (Lipinski definition) is 1. The van der Waals surface area contributed by atoms with E-state index in [2.05, 4.69) is 36.9 Å². The van der Waals surface area contributed by atoms with Crippen LogP contribution in [0, 0.1) is 0 Å². The summed E-state index contributed by atoms with van der Waals surface area (Å²) in [5.74, 6) is 0.259. The van der Waals surface area contributed by atoms with Crippen LogP contribution in [0.2, 0.25) is 0 Å². The Bertz CT molecular complexity index is 1940. The number of nitrogens with one attached hydrogen (secondary N) is 1. The number of H-pyrrole nitrogens is 1. The van der Waals surface area contributed by atoms with E-state index in [1.807, 2.05) is 37.3 Å². The minimum absolute atomic E-state index is 0.00462. The second-order valence-electron chi connectivity index (χ2n) is 10.8. The molecule has 1 aliphatic heterocycles. The number of aryl methyl sites for hydroxylation is 1. The van der Waals surface area contributed by atoms with E-state index >= 15 is 0 Å². The summed E-state index contributed by atoms with van der Waals surface area (Å²) in [5, 5.41) is 4.60. The van der Waals surface area contributed by atoms with Gasteiger partial charge in [-0.2, -0.15) is 9.40 Å². The van der Waals surface area contributed by atoms with Crippen LogP contribution in [0.25, 0.3) is 22.4 Å². The standard InChI is InChI=1S/C31H35N9O4S/c1-3-9-26-27-28(37-40(26)20-22-10-5-7-12-32-22)30(41)36-29(35-27)25-18-24(45(42,43)39-16-14-38(4-2)15-17-39)19-34-31(25)44-21-23-11-6-8-13-33-23/h5-8,10-13,18-19H,3-4,9,14-17,20-21H2,1-2H3,(H,35,36,41). The highest BCUT2D eigenvalue weighted by atomic mass is 32.2. The summed E-state index contributed by atoms with van der Waals surface area (Å²) >= 11 is 0. The van der Waals surface area contributed by atoms with E-state index in [1.54, 1.807) is 23.1 Å². The van der Waals surface area contributed by atoms with Crippen molar-refractivity contribution in [3.05, 3.63) is 88.5 Å². The summed E-state index contributed by atoms with van der Waals surface area (Å²) in [4.78, 5) is 36.5. The quantitative estimate of drug-likeness (QED) is 0.231. The lowest BCUT2D eigenvalue weighted by Gasteiger charge is -2.33. The number of aromatic nitrogens is 7. The molecule has 234 valence electrons. The molecule has 1 aliphatic rings. The number of aromatic amines is 1. The Labute approximate surface area is 261 Å². The number of piperazine rings is 1. The Morgan fingerprint density at radius 1 is 0.933 bits per heavy atom. The number of fused-ring (bicyclic) bond motifs is 1. The molecule has 0 spiro atoms. The van der Waals surface area contributed by atoms with Crippen LogP contribution < -0.4 is 10.3 Å². The van der Waals surface area contributed by atoms with E-state index < -0.39 is 15.6 Å². The molecule has 0 radical (unpaired) electrons. The van der Waals surface area contributed by atoms with E-state index in [-0.39, 0.29) is 34.3 Å². The Morgan fingerprint density at radius 3 is 2.33 bits per heavy atom. The summed E-state index contributed by atoms with van der Waals surface area (Å²) < 4.78 is 36.8. The molecule has 5 aromatic heterocycles. The average molecular weight is 630 g/mol. The van der Waals surface area contributed by atoms with Crippen molar-refractivity contribution in [3.63, 3.8) is 0 Å². The summed E-state index contributed by atoms with van der Waals surface area (Å²) in [5.41, 5.74) is 2.67. The third-order valence-electron chi connectivity index (χ3n) is 7.81. The van der Waals surface area contributed by atoms with Crippen LogP contribution in [0.15, 0.2) is 70.7 Å². The molecule has 0 amide bonds. The first-order chi connectivity index (χ1) is 21.9. The molecule has 45 heavy (non-hydrogen) atoms. The van der Waals surface area contributed by atoms with Gasteiger partial charge in [-0.3, -0.25) is 19.4 Å². The first-order valence-corrected chi connectivity index (χ1v) is 16.5. The third-order valence-corrected chi connectivity index (χ3v) is 9.67. The second kappa shape index (κ2) is 13.2. The van der Waals surface area contributed by atoms with Crippen LogP contribution in [0.5, 0.6) is 5.88 Å². The second-order valence-corrected chi connectivity index (χ2v) is 12.7. The van der Waals surface area contributed by atoms with Gasteiger partial charge in [0.2, 0.25) is 15.9 Å². The number of likely N-dealkylation sites (N-methyl/N-ethyl adjacent to an activating group) is 1. The molecular weight excluding hydrogens is 594 g/mol. The zero-order valence-corrected chi connectivity index (χ0v) is 26.1. The normalized spacial score (nSPS) is 14.6. The van der Waals surface area contributed by atoms with Gasteiger partial charge < -0.3 is 14.6 Å². The Balaban J connectivity index is 1.44. The molecule has 13 nitrogen and oxygen atoms in total. The van der Waals surface area contributed by atoms with Gasteiger partial charge >= 0.3 is 0 Å². The molecule has 0 aliphatic carbocycles. The summed E-state index contributed by atoms with van der Waals surface area (Å²) in [7, 11) is -3.87. The highest BCUT2D eigenvalue weighted by molar-refractivity contribution is 7.89. The lowest BCUT2D eigenvalue weighted by atomic mass is 10.2. The Kier molecular flexibility index (Phi) is 8.96. The van der Waals surface area contributed by atoms with E-state index in [1.165, 1.54) is 16.6 Å². The molecule has 0 bridgehead atoms. The minimum Gasteiger partial charge on any atom is -0.471 e. The first-order valence-electron chi connectivity index (χ1n) is 15.0. The molecule has 0 aromatic carbocycles. The van der Waals surface area contributed by atoms with Crippen molar-refractivity contribution in [2.24, 2.45) is 0 Å². The SMILES string of the molecule is CCCc1c2nc(-c3cc(S(=O)(=O)N4CCN(CC)CC4)cnc3OCc3ccccn3)[nH]c(=O)c2nn1Cc1ccccn1. The minimum atomic E-state index is -3.87. The van der Waals surface area contributed by atoms with E-state index in [0.717, 1.165) is 24.4 Å². The number of ether oxygens (including phenoxy) is 1. The fraction of sp³-hybridized carbons (Fsp3) is 0.355. The lowest BCUT2D eigenvalue weighted by molar-refractivity contribution is 0.196. The van der Waals surface area contributed by atoms with Gasteiger partial charge in [-0.15, -0.1) is 0 Å². The zero-order valence-electron chi connectivity index (χ0n) is 25.3. The van der Waals surface area contributed by atoms with Gasteiger partial charge in [0.15, 0.2) is 5.52 Å². The fourth-order valence-electron chi connectivity index (χ4n) is 5.37. The van der Waals surface area contributed by atoms with Crippen molar-refractivity contribution in [2.75, 3.05) is 32.7 Å². The molecule has 1 N–H and O–H groups in total. The highest BCUT2D eigenvalue weighted by Crippen LogP contribution is 2.31. The van der Waals surface area contributed by atoms with Crippen LogP contribution >= 0.6 is 0 Å². The van der Waals surface area contributed by atoms with Gasteiger partial charge in [0.1, 0.15) is 22.8 Å². The van der Waals surface area contributed by atoms with Crippen molar-refractivity contribution >= 4 is 21.1 Å². The molecule has 1 fully saturated rings. The number of sulfonamides is 1. The number of hydrogen-bond acceptors (Lipinski definition) is 10. The van der Waals surface area contributed by atoms with Crippen LogP contribution in [0.4, 0.5) is 0 Å². The Morgan fingerprint density at radius 2 is 1.67 bits per heavy atom. The van der Waals surface area contributed by atoms with Gasteiger partial charge in [0.05, 0.1) is 35.4 Å². The molecule has 6 rings (SSSR count). The monoisotopic (exact) mass is 629 g/mol. The van der Waals surface area contributed by atoms with E-state index in [9.17, 15) is 13.2 Å². The van der Waals surface area contributed by atoms with Gasteiger partial charge in [-0.1, -0.05) is 32.4 Å². The number of rotatable bonds is 11. The highest BCUT2D eigenvalue weighted by Gasteiger charge is 2.30. The first kappa shape index (κ1) is 30.5. The fourth-order valence-corrected chi connectivity index (χ4v) is 6.77. The van der Waals surface area contributed by atoms with Crippen molar-refractivity contribution < 1.29 is 13.2 Å². The summed E-state index contributed by atoms with van der Waals surface area (Å²) in [6.07, 6.45) is 6.09. The van der Waals surface area contributed by atoms with Crippen LogP contribution in [-0.2, 0) is 29.6 Å². The van der Waals surface area contributed by atoms with Gasteiger partial charge in [-0.05, 0) is 43.3 Å². The summed E-state index contributed by atoms with van der Waals surface area (Å²) in [6.45, 7) is 7.47. The molecule has 1 saturated heterocycles. The largest absolute Gasteiger partial charge is 0.471 e. The van der Waals surface area contributed by atoms with Gasteiger partial charge in [0.25, 0.3) is 5.56 Å². The maximum Gasteiger partial charge on any atom is 0.279 e. The predicted octanol–water partition coefficient (Wildman–Crippen LogP) is 2.88. The van der Waals surface area contributed by atoms with Crippen LogP contribution in [-0.4, -0.2) is 85.0 Å². The molecule has 0 atom stereocenters. The summed E-state index contributed by atoms with van der Waals surface area (Å²) in [6, 6.07) is 12.6. The Hall–Kier alpha value is -4.53. The smallest absolute Gasteiger partial charge is 0.279 e. The third kappa shape index (κ3) is 6.48. The topological polar surface area (TPSA) is 152 Å². The molecule has 5 aromatic rings. The molecular formula is C31H35N9O4S. The average Bonchev–Trinajstić information content (AvgIpc) is 3.41. The van der Waals surface area contributed by atoms with E-state index in [0.29, 0.717) is 50.4 Å². The van der Waals surface area contributed by atoms with Crippen LogP contribution in [0.1, 0.15) is 37.4 Å². The van der Waals surface area contributed by atoms with Crippen molar-refractivity contribution in [2.45, 2.75) is 44.7 Å². The van der Waals surface area contributed by atoms with Crippen molar-refractivity contribution in [3.8, 4) is 17.3 Å².